The summed E-state index contributed by atoms with van der Waals surface area (Å²) in [6.45, 7) is 2.96. The zero-order chi connectivity index (χ0) is 26.3. The molecule has 0 N–H and O–H groups in total. The van der Waals surface area contributed by atoms with E-state index in [4.69, 9.17) is 44.3 Å². The normalized spacial score (nSPS) is 13.0. The number of halogens is 3. The second-order valence-electron chi connectivity index (χ2n) is 8.89. The molecule has 1 aliphatic rings. The Labute approximate surface area is 231 Å². The summed E-state index contributed by atoms with van der Waals surface area (Å²) >= 11 is 19.1. The molecule has 1 amide bonds. The van der Waals surface area contributed by atoms with E-state index in [1.54, 1.807) is 20.3 Å². The fourth-order valence-corrected chi connectivity index (χ4v) is 5.61. The van der Waals surface area contributed by atoms with Crippen molar-refractivity contribution in [3.8, 4) is 28.4 Å². The van der Waals surface area contributed by atoms with E-state index < -0.39 is 0 Å². The molecule has 190 valence electrons. The van der Waals surface area contributed by atoms with Gasteiger partial charge in [-0.2, -0.15) is 0 Å². The summed E-state index contributed by atoms with van der Waals surface area (Å²) in [5.74, 6) is 1.35. The topological polar surface area (TPSA) is 43.7 Å². The van der Waals surface area contributed by atoms with Gasteiger partial charge in [-0.15, -0.1) is 0 Å². The molecular formula is C29H25Cl3N2O3. The zero-order valence-corrected chi connectivity index (χ0v) is 22.9. The molecule has 0 spiro atoms. The maximum Gasteiger partial charge on any atom is 0.256 e. The highest BCUT2D eigenvalue weighted by molar-refractivity contribution is 6.35. The maximum absolute atomic E-state index is 14.0. The van der Waals surface area contributed by atoms with Crippen molar-refractivity contribution in [3.05, 3.63) is 98.1 Å². The van der Waals surface area contributed by atoms with Crippen LogP contribution in [0.5, 0.6) is 11.5 Å². The van der Waals surface area contributed by atoms with Crippen LogP contribution in [0.15, 0.2) is 60.7 Å². The van der Waals surface area contributed by atoms with Crippen LogP contribution in [-0.4, -0.2) is 36.1 Å². The van der Waals surface area contributed by atoms with Gasteiger partial charge in [0.15, 0.2) is 0 Å². The first kappa shape index (κ1) is 25.5. The third-order valence-corrected chi connectivity index (χ3v) is 7.55. The predicted molar refractivity (Wildman–Crippen MR) is 149 cm³/mol. The molecule has 0 aliphatic carbocycles. The Bertz CT molecular complexity index is 1500. The molecule has 1 aromatic heterocycles. The number of carbonyl (C=O) groups is 1. The lowest BCUT2D eigenvalue weighted by Crippen LogP contribution is -2.37. The largest absolute Gasteiger partial charge is 0.497 e. The molecular weight excluding hydrogens is 531 g/mol. The number of ether oxygens (including phenoxy) is 2. The van der Waals surface area contributed by atoms with Crippen LogP contribution in [0.1, 0.15) is 27.2 Å². The number of hydrogen-bond acceptors (Lipinski definition) is 3. The highest BCUT2D eigenvalue weighted by atomic mass is 35.5. The minimum Gasteiger partial charge on any atom is -0.497 e. The molecule has 0 atom stereocenters. The van der Waals surface area contributed by atoms with E-state index in [0.29, 0.717) is 51.6 Å². The lowest BCUT2D eigenvalue weighted by Gasteiger charge is -2.29. The molecule has 0 saturated carbocycles. The van der Waals surface area contributed by atoms with Gasteiger partial charge >= 0.3 is 0 Å². The molecule has 1 aliphatic heterocycles. The van der Waals surface area contributed by atoms with Crippen molar-refractivity contribution in [1.82, 2.24) is 9.47 Å². The van der Waals surface area contributed by atoms with Crippen molar-refractivity contribution in [3.63, 3.8) is 0 Å². The average molecular weight is 556 g/mol. The summed E-state index contributed by atoms with van der Waals surface area (Å²) in [6.07, 6.45) is 0.660. The van der Waals surface area contributed by atoms with E-state index in [2.05, 4.69) is 4.57 Å². The highest BCUT2D eigenvalue weighted by Crippen LogP contribution is 2.40. The fourth-order valence-electron chi connectivity index (χ4n) is 4.99. The van der Waals surface area contributed by atoms with Gasteiger partial charge < -0.3 is 18.9 Å². The molecule has 8 heteroatoms. The van der Waals surface area contributed by atoms with Crippen molar-refractivity contribution in [2.45, 2.75) is 19.9 Å². The van der Waals surface area contributed by atoms with E-state index in [-0.39, 0.29) is 5.91 Å². The summed E-state index contributed by atoms with van der Waals surface area (Å²) in [7, 11) is 3.23. The highest BCUT2D eigenvalue weighted by Gasteiger charge is 2.34. The summed E-state index contributed by atoms with van der Waals surface area (Å²) in [4.78, 5) is 15.8. The van der Waals surface area contributed by atoms with Crippen molar-refractivity contribution >= 4 is 40.7 Å². The number of rotatable bonds is 6. The van der Waals surface area contributed by atoms with E-state index in [0.717, 1.165) is 33.8 Å². The van der Waals surface area contributed by atoms with Gasteiger partial charge in [-0.3, -0.25) is 4.79 Å². The molecule has 0 radical (unpaired) electrons. The van der Waals surface area contributed by atoms with Gasteiger partial charge in [-0.05, 0) is 60.5 Å². The summed E-state index contributed by atoms with van der Waals surface area (Å²) in [5, 5.41) is 1.71. The number of methoxy groups -OCH3 is 2. The van der Waals surface area contributed by atoms with Crippen LogP contribution in [0, 0.1) is 6.92 Å². The van der Waals surface area contributed by atoms with Crippen LogP contribution in [-0.2, 0) is 13.0 Å². The van der Waals surface area contributed by atoms with Crippen molar-refractivity contribution in [2.24, 2.45) is 0 Å². The number of hydrogen-bond donors (Lipinski definition) is 0. The Balaban J connectivity index is 1.63. The first-order valence-electron chi connectivity index (χ1n) is 11.8. The standard InChI is InChI=1S/C29H25Cl3N2O3/c1-17-27-25(12-13-33(29(27)35)16-19-6-10-22(36-2)15-26(19)37-3)34(24-11-9-21(31)14-23(24)32)28(17)18-4-7-20(30)8-5-18/h4-11,14-15H,12-13,16H2,1-3H3. The first-order valence-corrected chi connectivity index (χ1v) is 12.9. The zero-order valence-electron chi connectivity index (χ0n) is 20.6. The molecule has 0 saturated heterocycles. The molecule has 0 fully saturated rings. The van der Waals surface area contributed by atoms with Crippen LogP contribution in [0.25, 0.3) is 16.9 Å². The fraction of sp³-hybridized carbons (Fsp3) is 0.207. The second-order valence-corrected chi connectivity index (χ2v) is 10.2. The minimum atomic E-state index is -0.0318. The Hall–Kier alpha value is -3.12. The molecule has 5 rings (SSSR count). The van der Waals surface area contributed by atoms with Gasteiger partial charge in [0.2, 0.25) is 0 Å². The number of fused-ring (bicyclic) bond motifs is 1. The van der Waals surface area contributed by atoms with E-state index in [9.17, 15) is 4.79 Å². The average Bonchev–Trinajstić information content (AvgIpc) is 3.18. The van der Waals surface area contributed by atoms with E-state index >= 15 is 0 Å². The number of nitrogens with zero attached hydrogens (tertiary/aromatic N) is 2. The quantitative estimate of drug-likeness (QED) is 0.246. The summed E-state index contributed by atoms with van der Waals surface area (Å²) in [6, 6.07) is 18.7. The van der Waals surface area contributed by atoms with Crippen LogP contribution in [0.4, 0.5) is 0 Å². The smallest absolute Gasteiger partial charge is 0.256 e. The molecule has 4 aromatic rings. The second kappa shape index (κ2) is 10.3. The predicted octanol–water partition coefficient (Wildman–Crippen LogP) is 7.63. The SMILES string of the molecule is COc1ccc(CN2CCc3c(c(C)c(-c4ccc(Cl)cc4)n3-c3ccc(Cl)cc3Cl)C2=O)c(OC)c1. The van der Waals surface area contributed by atoms with Crippen molar-refractivity contribution < 1.29 is 14.3 Å². The Morgan fingerprint density at radius 3 is 2.30 bits per heavy atom. The summed E-state index contributed by atoms with van der Waals surface area (Å²) < 4.78 is 13.0. The maximum atomic E-state index is 14.0. The third-order valence-electron chi connectivity index (χ3n) is 6.76. The number of aromatic nitrogens is 1. The van der Waals surface area contributed by atoms with Crippen LogP contribution in [0.3, 0.4) is 0 Å². The van der Waals surface area contributed by atoms with Gasteiger partial charge in [0.1, 0.15) is 11.5 Å². The minimum absolute atomic E-state index is 0.0318. The molecule has 3 aromatic carbocycles. The van der Waals surface area contributed by atoms with E-state index in [1.807, 2.05) is 66.4 Å². The monoisotopic (exact) mass is 554 g/mol. The number of carbonyl (C=O) groups excluding carboxylic acids is 1. The van der Waals surface area contributed by atoms with Gasteiger partial charge in [0.05, 0.1) is 36.2 Å². The molecule has 37 heavy (non-hydrogen) atoms. The molecule has 0 unspecified atom stereocenters. The third kappa shape index (κ3) is 4.68. The number of benzene rings is 3. The van der Waals surface area contributed by atoms with Crippen molar-refractivity contribution in [1.29, 1.82) is 0 Å². The molecule has 0 bridgehead atoms. The van der Waals surface area contributed by atoms with E-state index in [1.165, 1.54) is 0 Å². The summed E-state index contributed by atoms with van der Waals surface area (Å²) in [5.41, 5.74) is 6.04. The number of amides is 1. The lowest BCUT2D eigenvalue weighted by molar-refractivity contribution is 0.0724. The van der Waals surface area contributed by atoms with Crippen LogP contribution < -0.4 is 9.47 Å². The van der Waals surface area contributed by atoms with Gasteiger partial charge in [-0.1, -0.05) is 46.9 Å². The van der Waals surface area contributed by atoms with Crippen LogP contribution >= 0.6 is 34.8 Å². The Morgan fingerprint density at radius 2 is 1.62 bits per heavy atom. The van der Waals surface area contributed by atoms with Gasteiger partial charge in [-0.25, -0.2) is 0 Å². The molecule has 2 heterocycles. The van der Waals surface area contributed by atoms with Crippen LogP contribution in [0.2, 0.25) is 15.1 Å². The van der Waals surface area contributed by atoms with Gasteiger partial charge in [0, 0.05) is 46.9 Å². The lowest BCUT2D eigenvalue weighted by atomic mass is 10.00. The molecule has 5 nitrogen and oxygen atoms in total. The van der Waals surface area contributed by atoms with Crippen molar-refractivity contribution in [2.75, 3.05) is 20.8 Å². The van der Waals surface area contributed by atoms with Gasteiger partial charge in [0.25, 0.3) is 5.91 Å². The Kier molecular flexibility index (Phi) is 7.13. The first-order chi connectivity index (χ1) is 17.8. The Morgan fingerprint density at radius 1 is 0.892 bits per heavy atom.